The maximum Gasteiger partial charge on any atom is 0.222 e. The molecule has 2 aliphatic rings. The average molecular weight is 260 g/mol. The number of carbonyl (C=O) groups excluding carboxylic acids is 1. The lowest BCUT2D eigenvalue weighted by atomic mass is 9.92. The zero-order valence-electron chi connectivity index (χ0n) is 11.2. The second-order valence-corrected chi connectivity index (χ2v) is 5.56. The summed E-state index contributed by atoms with van der Waals surface area (Å²) in [5, 5.41) is 0. The number of hydrogen-bond donors (Lipinski definition) is 0. The number of nitrogens with zero attached hydrogens (tertiary/aromatic N) is 2. The van der Waals surface area contributed by atoms with Crippen molar-refractivity contribution in [3.8, 4) is 0 Å². The molecule has 0 unspecified atom stereocenters. The van der Waals surface area contributed by atoms with Crippen LogP contribution in [0.15, 0.2) is 24.5 Å². The van der Waals surface area contributed by atoms with Gasteiger partial charge in [0.05, 0.1) is 5.60 Å². The van der Waals surface area contributed by atoms with Crippen molar-refractivity contribution in [1.29, 1.82) is 0 Å². The van der Waals surface area contributed by atoms with Gasteiger partial charge in [-0.3, -0.25) is 9.78 Å². The highest BCUT2D eigenvalue weighted by Gasteiger charge is 2.38. The average Bonchev–Trinajstić information content (AvgIpc) is 2.85. The lowest BCUT2D eigenvalue weighted by Crippen LogP contribution is -2.32. The second-order valence-electron chi connectivity index (χ2n) is 5.56. The van der Waals surface area contributed by atoms with E-state index in [2.05, 4.69) is 4.98 Å². The van der Waals surface area contributed by atoms with Gasteiger partial charge in [-0.15, -0.1) is 0 Å². The lowest BCUT2D eigenvalue weighted by Gasteiger charge is -2.26. The number of carbonyl (C=O) groups is 1. The standard InChI is InChI=1S/C15H20N2O2/c18-14-2-6-15(5-1-11-19-15)7-10-17(14)12-13-3-8-16-9-4-13/h3-4,8-9H,1-2,5-7,10-12H2/t15-/m0/s1. The van der Waals surface area contributed by atoms with Crippen LogP contribution in [0.5, 0.6) is 0 Å². The third-order valence-corrected chi connectivity index (χ3v) is 4.29. The Morgan fingerprint density at radius 1 is 1.26 bits per heavy atom. The number of hydrogen-bond acceptors (Lipinski definition) is 3. The van der Waals surface area contributed by atoms with Gasteiger partial charge in [-0.2, -0.15) is 0 Å². The molecule has 0 aromatic carbocycles. The molecular weight excluding hydrogens is 240 g/mol. The van der Waals surface area contributed by atoms with Crippen molar-refractivity contribution < 1.29 is 9.53 Å². The van der Waals surface area contributed by atoms with E-state index in [4.69, 9.17) is 4.74 Å². The summed E-state index contributed by atoms with van der Waals surface area (Å²) < 4.78 is 5.92. The molecule has 2 fully saturated rings. The first-order valence-corrected chi connectivity index (χ1v) is 7.08. The monoisotopic (exact) mass is 260 g/mol. The van der Waals surface area contributed by atoms with E-state index in [0.717, 1.165) is 44.4 Å². The van der Waals surface area contributed by atoms with Gasteiger partial charge in [0.2, 0.25) is 5.91 Å². The van der Waals surface area contributed by atoms with Gasteiger partial charge in [-0.1, -0.05) is 0 Å². The summed E-state index contributed by atoms with van der Waals surface area (Å²) in [6, 6.07) is 3.94. The highest BCUT2D eigenvalue weighted by Crippen LogP contribution is 2.36. The molecule has 102 valence electrons. The van der Waals surface area contributed by atoms with E-state index in [1.807, 2.05) is 17.0 Å². The maximum absolute atomic E-state index is 12.2. The Kier molecular flexibility index (Phi) is 3.51. The highest BCUT2D eigenvalue weighted by molar-refractivity contribution is 5.76. The fourth-order valence-electron chi connectivity index (χ4n) is 3.11. The van der Waals surface area contributed by atoms with Crippen LogP contribution in [-0.2, 0) is 16.1 Å². The van der Waals surface area contributed by atoms with Crippen molar-refractivity contribution in [2.75, 3.05) is 13.2 Å². The fraction of sp³-hybridized carbons (Fsp3) is 0.600. The van der Waals surface area contributed by atoms with Crippen LogP contribution in [0.25, 0.3) is 0 Å². The van der Waals surface area contributed by atoms with Gasteiger partial charge in [-0.25, -0.2) is 0 Å². The summed E-state index contributed by atoms with van der Waals surface area (Å²) in [6.45, 7) is 2.36. The minimum atomic E-state index is -0.0113. The molecule has 1 spiro atoms. The Morgan fingerprint density at radius 3 is 2.84 bits per heavy atom. The quantitative estimate of drug-likeness (QED) is 0.818. The van der Waals surface area contributed by atoms with E-state index in [1.165, 1.54) is 0 Å². The highest BCUT2D eigenvalue weighted by atomic mass is 16.5. The van der Waals surface area contributed by atoms with Crippen molar-refractivity contribution in [2.45, 2.75) is 44.2 Å². The SMILES string of the molecule is O=C1CC[C@@]2(CCCO2)CCN1Cc1ccncc1. The second kappa shape index (κ2) is 5.29. The van der Waals surface area contributed by atoms with E-state index < -0.39 is 0 Å². The van der Waals surface area contributed by atoms with Crippen LogP contribution < -0.4 is 0 Å². The van der Waals surface area contributed by atoms with E-state index in [0.29, 0.717) is 13.0 Å². The summed E-state index contributed by atoms with van der Waals surface area (Å²) in [5.41, 5.74) is 1.13. The van der Waals surface area contributed by atoms with Crippen LogP contribution in [-0.4, -0.2) is 34.5 Å². The molecule has 0 saturated carbocycles. The lowest BCUT2D eigenvalue weighted by molar-refractivity contribution is -0.131. The van der Waals surface area contributed by atoms with Crippen molar-refractivity contribution in [3.63, 3.8) is 0 Å². The zero-order chi connectivity index (χ0) is 13.1. The number of amides is 1. The van der Waals surface area contributed by atoms with E-state index in [-0.39, 0.29) is 11.5 Å². The molecule has 1 aromatic heterocycles. The van der Waals surface area contributed by atoms with Gasteiger partial charge >= 0.3 is 0 Å². The smallest absolute Gasteiger partial charge is 0.222 e. The number of rotatable bonds is 2. The third-order valence-electron chi connectivity index (χ3n) is 4.29. The van der Waals surface area contributed by atoms with Crippen LogP contribution >= 0.6 is 0 Å². The summed E-state index contributed by atoms with van der Waals surface area (Å²) in [6.07, 6.45) is 8.29. The molecule has 2 aliphatic heterocycles. The van der Waals surface area contributed by atoms with E-state index in [9.17, 15) is 4.79 Å². The third kappa shape index (κ3) is 2.78. The first kappa shape index (κ1) is 12.6. The molecule has 0 bridgehead atoms. The predicted octanol–water partition coefficient (Wildman–Crippen LogP) is 2.14. The molecule has 3 heterocycles. The first-order valence-electron chi connectivity index (χ1n) is 7.08. The topological polar surface area (TPSA) is 42.4 Å². The van der Waals surface area contributed by atoms with Crippen molar-refractivity contribution in [1.82, 2.24) is 9.88 Å². The van der Waals surface area contributed by atoms with Crippen LogP contribution in [0, 0.1) is 0 Å². The van der Waals surface area contributed by atoms with Crippen LogP contribution in [0.1, 0.15) is 37.7 Å². The van der Waals surface area contributed by atoms with Crippen LogP contribution in [0.3, 0.4) is 0 Å². The van der Waals surface area contributed by atoms with Crippen molar-refractivity contribution >= 4 is 5.91 Å². The maximum atomic E-state index is 12.2. The van der Waals surface area contributed by atoms with Crippen molar-refractivity contribution in [3.05, 3.63) is 30.1 Å². The van der Waals surface area contributed by atoms with Crippen LogP contribution in [0.2, 0.25) is 0 Å². The van der Waals surface area contributed by atoms with Crippen LogP contribution in [0.4, 0.5) is 0 Å². The summed E-state index contributed by atoms with van der Waals surface area (Å²) in [5.74, 6) is 0.254. The van der Waals surface area contributed by atoms with Gasteiger partial charge in [0.15, 0.2) is 0 Å². The number of likely N-dealkylation sites (tertiary alicyclic amines) is 1. The molecule has 3 rings (SSSR count). The fourth-order valence-corrected chi connectivity index (χ4v) is 3.11. The molecule has 19 heavy (non-hydrogen) atoms. The Hall–Kier alpha value is -1.42. The molecule has 0 N–H and O–H groups in total. The Bertz CT molecular complexity index is 441. The summed E-state index contributed by atoms with van der Waals surface area (Å²) in [7, 11) is 0. The van der Waals surface area contributed by atoms with Gasteiger partial charge in [0.25, 0.3) is 0 Å². The van der Waals surface area contributed by atoms with E-state index >= 15 is 0 Å². The number of aromatic nitrogens is 1. The predicted molar refractivity (Wildman–Crippen MR) is 71.4 cm³/mol. The zero-order valence-corrected chi connectivity index (χ0v) is 11.2. The first-order chi connectivity index (χ1) is 9.27. The van der Waals surface area contributed by atoms with Gasteiger partial charge in [0, 0.05) is 38.5 Å². The Labute approximate surface area is 113 Å². The largest absolute Gasteiger partial charge is 0.375 e. The Morgan fingerprint density at radius 2 is 2.11 bits per heavy atom. The molecule has 0 radical (unpaired) electrons. The summed E-state index contributed by atoms with van der Waals surface area (Å²) >= 11 is 0. The van der Waals surface area contributed by atoms with Gasteiger partial charge in [-0.05, 0) is 43.4 Å². The van der Waals surface area contributed by atoms with Gasteiger partial charge in [0.1, 0.15) is 0 Å². The molecule has 4 nitrogen and oxygen atoms in total. The molecule has 1 atom stereocenters. The molecule has 1 amide bonds. The van der Waals surface area contributed by atoms with Crippen molar-refractivity contribution in [2.24, 2.45) is 0 Å². The normalized spacial score (nSPS) is 27.8. The number of pyridine rings is 1. The van der Waals surface area contributed by atoms with E-state index in [1.54, 1.807) is 12.4 Å². The summed E-state index contributed by atoms with van der Waals surface area (Å²) in [4.78, 5) is 18.2. The molecule has 4 heteroatoms. The molecule has 2 saturated heterocycles. The molecule has 0 aliphatic carbocycles. The minimum absolute atomic E-state index is 0.0113. The minimum Gasteiger partial charge on any atom is -0.375 e. The molecule has 1 aromatic rings. The Balaban J connectivity index is 1.67. The number of ether oxygens (including phenoxy) is 1. The molecular formula is C15H20N2O2. The van der Waals surface area contributed by atoms with Gasteiger partial charge < -0.3 is 9.64 Å².